The Hall–Kier alpha value is -1.08. The second-order valence-electron chi connectivity index (χ2n) is 5.65. The molecule has 0 aromatic heterocycles. The SMILES string of the molecule is CN=C(NCCS(=O)(=O)c1ccc(Br)cc1)NC(C)(C)C. The van der Waals surface area contributed by atoms with Crippen LogP contribution in [0.5, 0.6) is 0 Å². The summed E-state index contributed by atoms with van der Waals surface area (Å²) in [5.74, 6) is 0.605. The molecule has 0 fully saturated rings. The van der Waals surface area contributed by atoms with Crippen LogP contribution in [0.4, 0.5) is 0 Å². The number of aliphatic imine (C=N–C) groups is 1. The highest BCUT2D eigenvalue weighted by molar-refractivity contribution is 9.10. The van der Waals surface area contributed by atoms with E-state index in [4.69, 9.17) is 0 Å². The number of rotatable bonds is 4. The lowest BCUT2D eigenvalue weighted by molar-refractivity contribution is 0.502. The first kappa shape index (κ1) is 18.0. The van der Waals surface area contributed by atoms with E-state index in [1.165, 1.54) is 0 Å². The van der Waals surface area contributed by atoms with Gasteiger partial charge in [-0.05, 0) is 45.0 Å². The predicted octanol–water partition coefficient (Wildman–Crippen LogP) is 2.19. The van der Waals surface area contributed by atoms with Gasteiger partial charge in [0.2, 0.25) is 0 Å². The van der Waals surface area contributed by atoms with Crippen LogP contribution in [0.15, 0.2) is 38.6 Å². The summed E-state index contributed by atoms with van der Waals surface area (Å²) in [7, 11) is -1.63. The number of halogens is 1. The van der Waals surface area contributed by atoms with Gasteiger partial charge in [-0.25, -0.2) is 8.42 Å². The summed E-state index contributed by atoms with van der Waals surface area (Å²) in [6.45, 7) is 6.34. The van der Waals surface area contributed by atoms with E-state index < -0.39 is 9.84 Å². The minimum Gasteiger partial charge on any atom is -0.355 e. The second kappa shape index (κ2) is 7.26. The van der Waals surface area contributed by atoms with Crippen molar-refractivity contribution in [2.45, 2.75) is 31.2 Å². The van der Waals surface area contributed by atoms with E-state index in [-0.39, 0.29) is 11.3 Å². The standard InChI is InChI=1S/C14H22BrN3O2S/c1-14(2,3)18-13(16-4)17-9-10-21(19,20)12-7-5-11(15)6-8-12/h5-8H,9-10H2,1-4H3,(H2,16,17,18). The van der Waals surface area contributed by atoms with Crippen LogP contribution < -0.4 is 10.6 Å². The Balaban J connectivity index is 2.60. The van der Waals surface area contributed by atoms with Crippen LogP contribution in [0.1, 0.15) is 20.8 Å². The predicted molar refractivity (Wildman–Crippen MR) is 90.4 cm³/mol. The van der Waals surface area contributed by atoms with Crippen molar-refractivity contribution >= 4 is 31.7 Å². The first-order chi connectivity index (χ1) is 9.64. The van der Waals surface area contributed by atoms with E-state index in [9.17, 15) is 8.42 Å². The highest BCUT2D eigenvalue weighted by Gasteiger charge is 2.15. The number of guanidine groups is 1. The Bertz CT molecular complexity index is 590. The third kappa shape index (κ3) is 6.48. The molecule has 0 saturated carbocycles. The van der Waals surface area contributed by atoms with Gasteiger partial charge in [-0.15, -0.1) is 0 Å². The Labute approximate surface area is 135 Å². The van der Waals surface area contributed by atoms with Gasteiger partial charge in [0.15, 0.2) is 15.8 Å². The maximum Gasteiger partial charge on any atom is 0.191 e. The molecule has 0 atom stereocenters. The van der Waals surface area contributed by atoms with Crippen molar-refractivity contribution in [3.8, 4) is 0 Å². The Kier molecular flexibility index (Phi) is 6.22. The highest BCUT2D eigenvalue weighted by atomic mass is 79.9. The molecule has 0 aliphatic carbocycles. The largest absolute Gasteiger partial charge is 0.355 e. The molecule has 0 saturated heterocycles. The van der Waals surface area contributed by atoms with Crippen molar-refractivity contribution in [1.29, 1.82) is 0 Å². The van der Waals surface area contributed by atoms with Crippen molar-refractivity contribution in [3.63, 3.8) is 0 Å². The zero-order valence-corrected chi connectivity index (χ0v) is 15.2. The van der Waals surface area contributed by atoms with Crippen LogP contribution in [0.3, 0.4) is 0 Å². The van der Waals surface area contributed by atoms with Gasteiger partial charge in [0.25, 0.3) is 0 Å². The van der Waals surface area contributed by atoms with Gasteiger partial charge in [0.1, 0.15) is 0 Å². The minimum absolute atomic E-state index is 0.0134. The summed E-state index contributed by atoms with van der Waals surface area (Å²) in [5.41, 5.74) is -0.133. The molecule has 2 N–H and O–H groups in total. The Morgan fingerprint density at radius 3 is 2.29 bits per heavy atom. The van der Waals surface area contributed by atoms with Crippen molar-refractivity contribution < 1.29 is 8.42 Å². The van der Waals surface area contributed by atoms with Crippen molar-refractivity contribution in [2.75, 3.05) is 19.3 Å². The first-order valence-electron chi connectivity index (χ1n) is 6.61. The van der Waals surface area contributed by atoms with Gasteiger partial charge in [-0.2, -0.15) is 0 Å². The summed E-state index contributed by atoms with van der Waals surface area (Å²) in [6.07, 6.45) is 0. The van der Waals surface area contributed by atoms with Gasteiger partial charge >= 0.3 is 0 Å². The molecule has 0 unspecified atom stereocenters. The molecule has 1 aromatic carbocycles. The molecule has 0 aliphatic rings. The van der Waals surface area contributed by atoms with E-state index in [0.717, 1.165) is 4.47 Å². The van der Waals surface area contributed by atoms with E-state index in [2.05, 4.69) is 31.6 Å². The average molecular weight is 376 g/mol. The molecule has 0 bridgehead atoms. The Morgan fingerprint density at radius 2 is 1.81 bits per heavy atom. The number of hydrogen-bond acceptors (Lipinski definition) is 3. The number of nitrogens with one attached hydrogen (secondary N) is 2. The number of hydrogen-bond donors (Lipinski definition) is 2. The smallest absolute Gasteiger partial charge is 0.191 e. The van der Waals surface area contributed by atoms with E-state index in [0.29, 0.717) is 17.4 Å². The Morgan fingerprint density at radius 1 is 1.24 bits per heavy atom. The van der Waals surface area contributed by atoms with Gasteiger partial charge in [0.05, 0.1) is 10.6 Å². The molecule has 0 heterocycles. The lowest BCUT2D eigenvalue weighted by Crippen LogP contribution is -2.48. The van der Waals surface area contributed by atoms with Gasteiger partial charge < -0.3 is 10.6 Å². The van der Waals surface area contributed by atoms with Gasteiger partial charge in [-0.1, -0.05) is 15.9 Å². The monoisotopic (exact) mass is 375 g/mol. The quantitative estimate of drug-likeness (QED) is 0.624. The molecule has 21 heavy (non-hydrogen) atoms. The van der Waals surface area contributed by atoms with Crippen LogP contribution >= 0.6 is 15.9 Å². The van der Waals surface area contributed by atoms with Gasteiger partial charge in [-0.3, -0.25) is 4.99 Å². The highest BCUT2D eigenvalue weighted by Crippen LogP contribution is 2.15. The van der Waals surface area contributed by atoms with Crippen LogP contribution in [0.2, 0.25) is 0 Å². The van der Waals surface area contributed by atoms with Crippen LogP contribution in [-0.4, -0.2) is 39.3 Å². The average Bonchev–Trinajstić information content (AvgIpc) is 2.36. The van der Waals surface area contributed by atoms with Crippen molar-refractivity contribution in [1.82, 2.24) is 10.6 Å². The zero-order valence-electron chi connectivity index (χ0n) is 12.8. The van der Waals surface area contributed by atoms with Crippen molar-refractivity contribution in [3.05, 3.63) is 28.7 Å². The van der Waals surface area contributed by atoms with E-state index in [1.807, 2.05) is 20.8 Å². The molecular formula is C14H22BrN3O2S. The first-order valence-corrected chi connectivity index (χ1v) is 9.06. The lowest BCUT2D eigenvalue weighted by Gasteiger charge is -2.23. The lowest BCUT2D eigenvalue weighted by atomic mass is 10.1. The molecule has 0 radical (unpaired) electrons. The fourth-order valence-corrected chi connectivity index (χ4v) is 3.02. The molecule has 0 aliphatic heterocycles. The fraction of sp³-hybridized carbons (Fsp3) is 0.500. The molecular weight excluding hydrogens is 354 g/mol. The zero-order chi connectivity index (χ0) is 16.1. The topological polar surface area (TPSA) is 70.6 Å². The third-order valence-electron chi connectivity index (χ3n) is 2.55. The molecule has 5 nitrogen and oxygen atoms in total. The summed E-state index contributed by atoms with van der Waals surface area (Å²) in [6, 6.07) is 6.64. The summed E-state index contributed by atoms with van der Waals surface area (Å²) in [4.78, 5) is 4.40. The van der Waals surface area contributed by atoms with Crippen LogP contribution in [0.25, 0.3) is 0 Å². The normalized spacial score (nSPS) is 13.1. The molecule has 0 amide bonds. The summed E-state index contributed by atoms with van der Waals surface area (Å²) in [5, 5.41) is 6.19. The van der Waals surface area contributed by atoms with Gasteiger partial charge in [0, 0.05) is 23.6 Å². The summed E-state index contributed by atoms with van der Waals surface area (Å²) >= 11 is 3.29. The number of benzene rings is 1. The van der Waals surface area contributed by atoms with Crippen LogP contribution in [0, 0.1) is 0 Å². The summed E-state index contributed by atoms with van der Waals surface area (Å²) < 4.78 is 25.2. The second-order valence-corrected chi connectivity index (χ2v) is 8.67. The molecule has 118 valence electrons. The molecule has 0 spiro atoms. The van der Waals surface area contributed by atoms with Crippen molar-refractivity contribution in [2.24, 2.45) is 4.99 Å². The van der Waals surface area contributed by atoms with E-state index in [1.54, 1.807) is 31.3 Å². The molecule has 1 aromatic rings. The maximum absolute atomic E-state index is 12.2. The maximum atomic E-state index is 12.2. The fourth-order valence-electron chi connectivity index (χ4n) is 1.60. The number of sulfone groups is 1. The van der Waals surface area contributed by atoms with E-state index >= 15 is 0 Å². The molecule has 1 rings (SSSR count). The van der Waals surface area contributed by atoms with Crippen LogP contribution in [-0.2, 0) is 9.84 Å². The molecule has 7 heteroatoms. The third-order valence-corrected chi connectivity index (χ3v) is 4.81. The minimum atomic E-state index is -3.29. The number of nitrogens with zero attached hydrogens (tertiary/aromatic N) is 1.